The second-order valence-corrected chi connectivity index (χ2v) is 3.47. The number of aliphatic hydroxyl groups excluding tert-OH is 1. The minimum atomic E-state index is -0.869. The average molecular weight is 192 g/mol. The van der Waals surface area contributed by atoms with Crippen LogP contribution in [0.5, 0.6) is 0 Å². The topological polar surface area (TPSA) is 53.4 Å². The lowest BCUT2D eigenvalue weighted by Crippen LogP contribution is -2.27. The third-order valence-electron chi connectivity index (χ3n) is 2.58. The van der Waals surface area contributed by atoms with Crippen LogP contribution in [0.1, 0.15) is 18.2 Å². The molecule has 0 spiro atoms. The highest BCUT2D eigenvalue weighted by atomic mass is 16.3. The Bertz CT molecular complexity index is 339. The number of rotatable bonds is 1. The molecule has 1 aliphatic rings. The van der Waals surface area contributed by atoms with Crippen LogP contribution in [0.25, 0.3) is 0 Å². The number of amides is 1. The minimum absolute atomic E-state index is 0.0845. The predicted molar refractivity (Wildman–Crippen MR) is 50.4 cm³/mol. The summed E-state index contributed by atoms with van der Waals surface area (Å²) in [4.78, 5) is 17.1. The fourth-order valence-corrected chi connectivity index (χ4v) is 1.75. The minimum Gasteiger partial charge on any atom is -0.383 e. The van der Waals surface area contributed by atoms with Crippen LogP contribution in [-0.2, 0) is 4.79 Å². The maximum atomic E-state index is 11.3. The quantitative estimate of drug-likeness (QED) is 0.698. The summed E-state index contributed by atoms with van der Waals surface area (Å²) >= 11 is 0. The van der Waals surface area contributed by atoms with Crippen LogP contribution in [0.3, 0.4) is 0 Å². The fraction of sp³-hybridized carbons (Fsp3) is 0.400. The number of pyridine rings is 1. The van der Waals surface area contributed by atoms with E-state index in [-0.39, 0.29) is 11.9 Å². The molecule has 1 aliphatic heterocycles. The number of hydrogen-bond acceptors (Lipinski definition) is 3. The van der Waals surface area contributed by atoms with Crippen LogP contribution < -0.4 is 0 Å². The first-order valence-corrected chi connectivity index (χ1v) is 4.56. The zero-order valence-corrected chi connectivity index (χ0v) is 7.92. The lowest BCUT2D eigenvalue weighted by atomic mass is 10.1. The Kier molecular flexibility index (Phi) is 2.21. The SMILES string of the molecule is CN1C(=O)C(O)CC1c1ccccn1. The van der Waals surface area contributed by atoms with Crippen molar-refractivity contribution < 1.29 is 9.90 Å². The number of carbonyl (C=O) groups is 1. The Hall–Kier alpha value is -1.42. The molecule has 0 aliphatic carbocycles. The predicted octanol–water partition coefficient (Wildman–Crippen LogP) is 0.346. The van der Waals surface area contributed by atoms with Crippen LogP contribution in [0.2, 0.25) is 0 Å². The molecular formula is C10H12N2O2. The molecule has 1 amide bonds. The van der Waals surface area contributed by atoms with Gasteiger partial charge in [-0.1, -0.05) is 6.07 Å². The van der Waals surface area contributed by atoms with E-state index in [2.05, 4.69) is 4.98 Å². The smallest absolute Gasteiger partial charge is 0.251 e. The van der Waals surface area contributed by atoms with Gasteiger partial charge in [-0.3, -0.25) is 9.78 Å². The molecule has 1 saturated heterocycles. The van der Waals surface area contributed by atoms with Gasteiger partial charge in [-0.25, -0.2) is 0 Å². The molecule has 2 heterocycles. The van der Waals surface area contributed by atoms with E-state index in [0.29, 0.717) is 6.42 Å². The van der Waals surface area contributed by atoms with E-state index < -0.39 is 6.10 Å². The molecule has 14 heavy (non-hydrogen) atoms. The molecule has 4 heteroatoms. The number of aliphatic hydroxyl groups is 1. The monoisotopic (exact) mass is 192 g/mol. The molecule has 1 N–H and O–H groups in total. The van der Waals surface area contributed by atoms with Crippen LogP contribution in [0, 0.1) is 0 Å². The lowest BCUT2D eigenvalue weighted by Gasteiger charge is -2.18. The van der Waals surface area contributed by atoms with Gasteiger partial charge in [0, 0.05) is 19.7 Å². The van der Waals surface area contributed by atoms with E-state index in [1.54, 1.807) is 18.1 Å². The number of likely N-dealkylation sites (N-methyl/N-ethyl adjacent to an activating group) is 1. The first kappa shape index (κ1) is 9.15. The maximum Gasteiger partial charge on any atom is 0.251 e. The molecule has 1 aromatic rings. The molecule has 1 fully saturated rings. The highest BCUT2D eigenvalue weighted by Crippen LogP contribution is 2.29. The van der Waals surface area contributed by atoms with Gasteiger partial charge >= 0.3 is 0 Å². The van der Waals surface area contributed by atoms with E-state index in [1.807, 2.05) is 18.2 Å². The van der Waals surface area contributed by atoms with Crippen molar-refractivity contribution >= 4 is 5.91 Å². The number of carbonyl (C=O) groups excluding carboxylic acids is 1. The van der Waals surface area contributed by atoms with Crippen molar-refractivity contribution in [3.05, 3.63) is 30.1 Å². The van der Waals surface area contributed by atoms with Gasteiger partial charge in [0.15, 0.2) is 0 Å². The first-order chi connectivity index (χ1) is 6.70. The number of hydrogen-bond donors (Lipinski definition) is 1. The summed E-state index contributed by atoms with van der Waals surface area (Å²) in [6.07, 6.45) is 1.26. The Balaban J connectivity index is 2.26. The molecule has 2 atom stereocenters. The number of nitrogens with zero attached hydrogens (tertiary/aromatic N) is 2. The normalized spacial score (nSPS) is 27.0. The number of likely N-dealkylation sites (tertiary alicyclic amines) is 1. The van der Waals surface area contributed by atoms with Crippen molar-refractivity contribution in [3.8, 4) is 0 Å². The van der Waals surface area contributed by atoms with Gasteiger partial charge in [0.05, 0.1) is 11.7 Å². The van der Waals surface area contributed by atoms with Crippen LogP contribution in [0.15, 0.2) is 24.4 Å². The van der Waals surface area contributed by atoms with E-state index in [9.17, 15) is 9.90 Å². The van der Waals surface area contributed by atoms with Gasteiger partial charge in [0.1, 0.15) is 6.10 Å². The molecule has 1 aromatic heterocycles. The molecule has 0 aromatic carbocycles. The van der Waals surface area contributed by atoms with Crippen molar-refractivity contribution in [3.63, 3.8) is 0 Å². The zero-order valence-electron chi connectivity index (χ0n) is 7.92. The maximum absolute atomic E-state index is 11.3. The molecule has 0 radical (unpaired) electrons. The molecule has 2 rings (SSSR count). The molecule has 4 nitrogen and oxygen atoms in total. The molecule has 2 unspecified atom stereocenters. The largest absolute Gasteiger partial charge is 0.383 e. The van der Waals surface area contributed by atoms with Gasteiger partial charge in [0.2, 0.25) is 0 Å². The van der Waals surface area contributed by atoms with E-state index in [0.717, 1.165) is 5.69 Å². The van der Waals surface area contributed by atoms with Gasteiger partial charge < -0.3 is 10.0 Å². The summed E-state index contributed by atoms with van der Waals surface area (Å²) in [6, 6.07) is 5.49. The average Bonchev–Trinajstić information content (AvgIpc) is 2.47. The van der Waals surface area contributed by atoms with Crippen molar-refractivity contribution in [2.75, 3.05) is 7.05 Å². The Morgan fingerprint density at radius 1 is 1.57 bits per heavy atom. The van der Waals surface area contributed by atoms with Crippen LogP contribution >= 0.6 is 0 Å². The van der Waals surface area contributed by atoms with Crippen LogP contribution in [-0.4, -0.2) is 34.0 Å². The third-order valence-corrected chi connectivity index (χ3v) is 2.58. The first-order valence-electron chi connectivity index (χ1n) is 4.56. The summed E-state index contributed by atoms with van der Waals surface area (Å²) in [6.45, 7) is 0. The Morgan fingerprint density at radius 3 is 2.86 bits per heavy atom. The molecule has 0 saturated carbocycles. The second kappa shape index (κ2) is 3.38. The van der Waals surface area contributed by atoms with Crippen LogP contribution in [0.4, 0.5) is 0 Å². The van der Waals surface area contributed by atoms with Gasteiger partial charge in [-0.2, -0.15) is 0 Å². The van der Waals surface area contributed by atoms with E-state index in [4.69, 9.17) is 0 Å². The summed E-state index contributed by atoms with van der Waals surface area (Å²) in [5, 5.41) is 9.38. The Morgan fingerprint density at radius 2 is 2.36 bits per heavy atom. The van der Waals surface area contributed by atoms with Gasteiger partial charge in [0.25, 0.3) is 5.91 Å². The highest BCUT2D eigenvalue weighted by molar-refractivity contribution is 5.83. The third kappa shape index (κ3) is 1.37. The van der Waals surface area contributed by atoms with Crippen molar-refractivity contribution in [1.29, 1.82) is 0 Å². The summed E-state index contributed by atoms with van der Waals surface area (Å²) in [5.74, 6) is -0.222. The zero-order chi connectivity index (χ0) is 10.1. The van der Waals surface area contributed by atoms with Crippen molar-refractivity contribution in [1.82, 2.24) is 9.88 Å². The summed E-state index contributed by atoms with van der Waals surface area (Å²) in [7, 11) is 1.69. The van der Waals surface area contributed by atoms with E-state index in [1.165, 1.54) is 0 Å². The molecule has 0 bridgehead atoms. The standard InChI is InChI=1S/C10H12N2O2/c1-12-8(6-9(13)10(12)14)7-4-2-3-5-11-7/h2-5,8-9,13H,6H2,1H3. The van der Waals surface area contributed by atoms with E-state index >= 15 is 0 Å². The highest BCUT2D eigenvalue weighted by Gasteiger charge is 2.37. The van der Waals surface area contributed by atoms with Crippen molar-refractivity contribution in [2.24, 2.45) is 0 Å². The van der Waals surface area contributed by atoms with Gasteiger partial charge in [-0.15, -0.1) is 0 Å². The summed E-state index contributed by atoms with van der Waals surface area (Å²) < 4.78 is 0. The lowest BCUT2D eigenvalue weighted by molar-refractivity contribution is -0.134. The van der Waals surface area contributed by atoms with Gasteiger partial charge in [-0.05, 0) is 12.1 Å². The fourth-order valence-electron chi connectivity index (χ4n) is 1.75. The summed E-state index contributed by atoms with van der Waals surface area (Å²) in [5.41, 5.74) is 0.833. The second-order valence-electron chi connectivity index (χ2n) is 3.47. The molecular weight excluding hydrogens is 180 g/mol. The Labute approximate surface area is 82.2 Å². The number of aromatic nitrogens is 1. The molecule has 74 valence electrons. The van der Waals surface area contributed by atoms with Crippen molar-refractivity contribution in [2.45, 2.75) is 18.6 Å².